The third-order valence-electron chi connectivity index (χ3n) is 6.54. The molecule has 180 valence electrons. The van der Waals surface area contributed by atoms with Crippen molar-refractivity contribution in [3.05, 3.63) is 64.7 Å². The second kappa shape index (κ2) is 8.80. The fourth-order valence-electron chi connectivity index (χ4n) is 4.06. The predicted octanol–water partition coefficient (Wildman–Crippen LogP) is 1.43. The molecule has 0 radical (unpaired) electrons. The number of nitrogens with zero attached hydrogens (tertiary/aromatic N) is 1. The first kappa shape index (κ1) is 23.8. The molecule has 5 amide bonds. The van der Waals surface area contributed by atoms with Crippen LogP contribution in [0.15, 0.2) is 42.5 Å². The molecule has 1 unspecified atom stereocenters. The molecule has 2 aromatic rings. The minimum atomic E-state index is -1.48. The van der Waals surface area contributed by atoms with E-state index in [9.17, 15) is 19.2 Å². The van der Waals surface area contributed by atoms with E-state index in [1.54, 1.807) is 55.1 Å². The van der Waals surface area contributed by atoms with Gasteiger partial charge in [-0.2, -0.15) is 0 Å². The molecule has 0 spiro atoms. The van der Waals surface area contributed by atoms with Gasteiger partial charge in [0.2, 0.25) is 5.91 Å². The van der Waals surface area contributed by atoms with Gasteiger partial charge in [0.1, 0.15) is 5.75 Å². The number of amides is 5. The summed E-state index contributed by atoms with van der Waals surface area (Å²) in [7, 11) is 1.54. The van der Waals surface area contributed by atoms with Crippen molar-refractivity contribution in [3.63, 3.8) is 0 Å². The second-order valence-electron chi connectivity index (χ2n) is 9.13. The van der Waals surface area contributed by atoms with Gasteiger partial charge in [0, 0.05) is 30.6 Å². The van der Waals surface area contributed by atoms with E-state index in [1.165, 1.54) is 7.11 Å². The Morgan fingerprint density at radius 1 is 1.17 bits per heavy atom. The van der Waals surface area contributed by atoms with Gasteiger partial charge in [0.05, 0.1) is 12.5 Å². The standard InChI is InChI=1S/C26H26N4O5/c1-25(2,22(27)32)18-7-4-16(5-8-18)10-11-26(23(33)28-24(34)29-26)12-13-30-15-17-6-9-19(35-3)14-20(17)21(30)31/h4-9,14H,12-13,15H2,1-3H3,(H2,27,32)(H2,28,29,33,34). The average Bonchev–Trinajstić information content (AvgIpc) is 3.30. The van der Waals surface area contributed by atoms with Crippen LogP contribution >= 0.6 is 0 Å². The highest BCUT2D eigenvalue weighted by Crippen LogP contribution is 2.28. The van der Waals surface area contributed by atoms with Gasteiger partial charge in [-0.3, -0.25) is 19.7 Å². The molecular formula is C26H26N4O5. The number of nitrogens with two attached hydrogens (primary N) is 1. The second-order valence-corrected chi connectivity index (χ2v) is 9.13. The highest BCUT2D eigenvalue weighted by molar-refractivity contribution is 6.09. The summed E-state index contributed by atoms with van der Waals surface area (Å²) in [6, 6.07) is 11.7. The Bertz CT molecular complexity index is 1290. The van der Waals surface area contributed by atoms with Crippen molar-refractivity contribution in [2.45, 2.75) is 37.8 Å². The monoisotopic (exact) mass is 474 g/mol. The number of nitrogens with one attached hydrogen (secondary N) is 2. The van der Waals surface area contributed by atoms with Crippen LogP contribution in [0.5, 0.6) is 5.75 Å². The summed E-state index contributed by atoms with van der Waals surface area (Å²) >= 11 is 0. The molecule has 1 fully saturated rings. The van der Waals surface area contributed by atoms with E-state index in [1.807, 2.05) is 6.07 Å². The Hall–Kier alpha value is -4.32. The van der Waals surface area contributed by atoms with Crippen molar-refractivity contribution in [1.82, 2.24) is 15.5 Å². The molecule has 1 saturated heterocycles. The molecule has 9 heteroatoms. The summed E-state index contributed by atoms with van der Waals surface area (Å²) in [6.07, 6.45) is 0.112. The summed E-state index contributed by atoms with van der Waals surface area (Å²) < 4.78 is 5.21. The smallest absolute Gasteiger partial charge is 0.323 e. The fraction of sp³-hybridized carbons (Fsp3) is 0.308. The lowest BCUT2D eigenvalue weighted by Gasteiger charge is -2.23. The number of benzene rings is 2. The maximum Gasteiger partial charge on any atom is 0.323 e. The van der Waals surface area contributed by atoms with Crippen LogP contribution in [0.3, 0.4) is 0 Å². The molecule has 0 aliphatic carbocycles. The van der Waals surface area contributed by atoms with Crippen molar-refractivity contribution < 1.29 is 23.9 Å². The SMILES string of the molecule is COc1ccc2c(c1)C(=O)N(CCC1(C#Cc3ccc(C(C)(C)C(N)=O)cc3)NC(=O)NC1=O)C2. The number of carbonyl (C=O) groups is 4. The fourth-order valence-corrected chi connectivity index (χ4v) is 4.06. The average molecular weight is 475 g/mol. The lowest BCUT2D eigenvalue weighted by atomic mass is 9.83. The lowest BCUT2D eigenvalue weighted by molar-refractivity contribution is -0.123. The van der Waals surface area contributed by atoms with Crippen LogP contribution in [-0.4, -0.2) is 47.8 Å². The number of fused-ring (bicyclic) bond motifs is 1. The number of methoxy groups -OCH3 is 1. The van der Waals surface area contributed by atoms with Gasteiger partial charge in [0.25, 0.3) is 11.8 Å². The molecule has 4 rings (SSSR count). The van der Waals surface area contributed by atoms with Gasteiger partial charge >= 0.3 is 6.03 Å². The zero-order chi connectivity index (χ0) is 25.4. The topological polar surface area (TPSA) is 131 Å². The Kier molecular flexibility index (Phi) is 5.99. The molecule has 2 heterocycles. The predicted molar refractivity (Wildman–Crippen MR) is 127 cm³/mol. The molecule has 35 heavy (non-hydrogen) atoms. The van der Waals surface area contributed by atoms with Gasteiger partial charge < -0.3 is 20.7 Å². The normalized spacial score (nSPS) is 18.9. The Balaban J connectivity index is 1.54. The molecule has 0 saturated carbocycles. The van der Waals surface area contributed by atoms with Crippen LogP contribution in [-0.2, 0) is 21.5 Å². The third-order valence-corrected chi connectivity index (χ3v) is 6.54. The third kappa shape index (κ3) is 4.43. The van der Waals surface area contributed by atoms with E-state index < -0.39 is 28.8 Å². The van der Waals surface area contributed by atoms with Crippen LogP contribution in [0.25, 0.3) is 0 Å². The number of ether oxygens (including phenoxy) is 1. The molecule has 2 aliphatic rings. The Morgan fingerprint density at radius 3 is 2.49 bits per heavy atom. The van der Waals surface area contributed by atoms with Crippen LogP contribution in [0.4, 0.5) is 4.79 Å². The van der Waals surface area contributed by atoms with E-state index in [2.05, 4.69) is 22.5 Å². The zero-order valence-electron chi connectivity index (χ0n) is 19.7. The summed E-state index contributed by atoms with van der Waals surface area (Å²) in [5.41, 5.74) is 5.93. The molecule has 9 nitrogen and oxygen atoms in total. The molecular weight excluding hydrogens is 448 g/mol. The summed E-state index contributed by atoms with van der Waals surface area (Å²) in [5.74, 6) is 5.27. The number of urea groups is 1. The van der Waals surface area contributed by atoms with Crippen LogP contribution in [0.2, 0.25) is 0 Å². The zero-order valence-corrected chi connectivity index (χ0v) is 19.7. The van der Waals surface area contributed by atoms with E-state index in [-0.39, 0.29) is 18.9 Å². The van der Waals surface area contributed by atoms with E-state index >= 15 is 0 Å². The molecule has 0 aromatic heterocycles. The first-order chi connectivity index (χ1) is 16.6. The van der Waals surface area contributed by atoms with Gasteiger partial charge in [-0.05, 0) is 49.2 Å². The molecule has 4 N–H and O–H groups in total. The van der Waals surface area contributed by atoms with E-state index in [0.29, 0.717) is 23.4 Å². The highest BCUT2D eigenvalue weighted by Gasteiger charge is 2.45. The van der Waals surface area contributed by atoms with Crippen molar-refractivity contribution >= 4 is 23.8 Å². The minimum absolute atomic E-state index is 0.112. The maximum absolute atomic E-state index is 12.9. The quantitative estimate of drug-likeness (QED) is 0.431. The molecule has 2 aromatic carbocycles. The van der Waals surface area contributed by atoms with Crippen molar-refractivity contribution in [1.29, 1.82) is 0 Å². The van der Waals surface area contributed by atoms with Gasteiger partial charge in [0.15, 0.2) is 5.54 Å². The Morgan fingerprint density at radius 2 is 1.89 bits per heavy atom. The van der Waals surface area contributed by atoms with Gasteiger partial charge in [-0.1, -0.05) is 30.0 Å². The van der Waals surface area contributed by atoms with Crippen molar-refractivity contribution in [3.8, 4) is 17.6 Å². The molecule has 0 bridgehead atoms. The molecule has 2 aliphatic heterocycles. The minimum Gasteiger partial charge on any atom is -0.497 e. The van der Waals surface area contributed by atoms with Gasteiger partial charge in [-0.25, -0.2) is 4.79 Å². The number of hydrogen-bond acceptors (Lipinski definition) is 5. The van der Waals surface area contributed by atoms with E-state index in [4.69, 9.17) is 10.5 Å². The van der Waals surface area contributed by atoms with E-state index in [0.717, 1.165) is 11.1 Å². The number of hydrogen-bond donors (Lipinski definition) is 3. The van der Waals surface area contributed by atoms with Crippen LogP contribution in [0.1, 0.15) is 47.3 Å². The highest BCUT2D eigenvalue weighted by atomic mass is 16.5. The summed E-state index contributed by atoms with van der Waals surface area (Å²) in [5, 5.41) is 4.87. The maximum atomic E-state index is 12.9. The van der Waals surface area contributed by atoms with Crippen LogP contribution < -0.4 is 21.1 Å². The first-order valence-corrected chi connectivity index (χ1v) is 11.1. The lowest BCUT2D eigenvalue weighted by Crippen LogP contribution is -2.48. The molecule has 1 atom stereocenters. The number of imide groups is 1. The summed E-state index contributed by atoms with van der Waals surface area (Å²) in [6.45, 7) is 4.08. The van der Waals surface area contributed by atoms with Crippen molar-refractivity contribution in [2.24, 2.45) is 5.73 Å². The largest absolute Gasteiger partial charge is 0.497 e. The summed E-state index contributed by atoms with van der Waals surface area (Å²) in [4.78, 5) is 50.9. The first-order valence-electron chi connectivity index (χ1n) is 11.1. The van der Waals surface area contributed by atoms with Gasteiger partial charge in [-0.15, -0.1) is 0 Å². The Labute approximate surface area is 203 Å². The number of rotatable bonds is 6. The number of carbonyl (C=O) groups excluding carboxylic acids is 4. The van der Waals surface area contributed by atoms with Crippen LogP contribution in [0, 0.1) is 11.8 Å². The number of primary amides is 1. The van der Waals surface area contributed by atoms with Crippen molar-refractivity contribution in [2.75, 3.05) is 13.7 Å².